The summed E-state index contributed by atoms with van der Waals surface area (Å²) >= 11 is 0. The van der Waals surface area contributed by atoms with E-state index in [4.69, 9.17) is 4.42 Å². The van der Waals surface area contributed by atoms with Crippen molar-refractivity contribution in [2.45, 2.75) is 72.1 Å². The highest BCUT2D eigenvalue weighted by Gasteiger charge is 2.34. The molecular weight excluding hydrogens is 661 g/mol. The van der Waals surface area contributed by atoms with E-state index in [9.17, 15) is 0 Å². The summed E-state index contributed by atoms with van der Waals surface area (Å²) in [4.78, 5) is 0. The zero-order chi connectivity index (χ0) is 37.2. The van der Waals surface area contributed by atoms with Gasteiger partial charge >= 0.3 is 0 Å². The largest absolute Gasteiger partial charge is 0.455 e. The molecule has 3 nitrogen and oxygen atoms in total. The average molecular weight is 712 g/mol. The van der Waals surface area contributed by atoms with E-state index in [2.05, 4.69) is 192 Å². The summed E-state index contributed by atoms with van der Waals surface area (Å²) < 4.78 is 11.8. The van der Waals surface area contributed by atoms with Crippen molar-refractivity contribution in [1.29, 1.82) is 0 Å². The van der Waals surface area contributed by atoms with Gasteiger partial charge in [-0.2, -0.15) is 4.57 Å². The number of para-hydroxylation sites is 1. The van der Waals surface area contributed by atoms with Gasteiger partial charge < -0.3 is 4.42 Å². The molecule has 6 aromatic carbocycles. The standard InChI is InChI=1S/C49H51N2OSi/c1-31(2)41-28-38(37-23-21-36(22-24-37)35-15-11-10-12-16-35)29-42(32(3)4)47(41)51-44-27-34(30-53(7,8)9)20-26-43(44)50(6)49(51)46-33(5)19-25-40-39-17-13-14-18-45(39)52-48(40)46/h10-29,31-32H,30H2,1-9H3/q+1. The summed E-state index contributed by atoms with van der Waals surface area (Å²) in [6, 6.07) is 45.9. The van der Waals surface area contributed by atoms with Crippen LogP contribution in [-0.4, -0.2) is 12.6 Å². The molecule has 0 saturated carbocycles. The minimum Gasteiger partial charge on any atom is -0.455 e. The molecule has 0 amide bonds. The molecule has 4 heteroatoms. The smallest absolute Gasteiger partial charge is 0.299 e. The van der Waals surface area contributed by atoms with Crippen LogP contribution in [0, 0.1) is 6.92 Å². The molecule has 0 bridgehead atoms. The summed E-state index contributed by atoms with van der Waals surface area (Å²) in [5, 5.41) is 2.31. The molecular formula is C49H51N2OSi+. The molecule has 266 valence electrons. The summed E-state index contributed by atoms with van der Waals surface area (Å²) in [5.74, 6) is 1.72. The molecule has 2 heterocycles. The van der Waals surface area contributed by atoms with E-state index in [0.717, 1.165) is 39.4 Å². The minimum atomic E-state index is -1.38. The van der Waals surface area contributed by atoms with Crippen LogP contribution in [0.4, 0.5) is 0 Å². The Hall–Kier alpha value is -5.19. The molecule has 0 aliphatic heterocycles. The number of fused-ring (bicyclic) bond motifs is 4. The van der Waals surface area contributed by atoms with Gasteiger partial charge in [-0.1, -0.05) is 138 Å². The van der Waals surface area contributed by atoms with Gasteiger partial charge in [-0.15, -0.1) is 0 Å². The third kappa shape index (κ3) is 6.23. The molecule has 0 radical (unpaired) electrons. The highest BCUT2D eigenvalue weighted by atomic mass is 28.3. The lowest BCUT2D eigenvalue weighted by atomic mass is 9.87. The normalized spacial score (nSPS) is 12.3. The zero-order valence-electron chi connectivity index (χ0n) is 32.7. The lowest BCUT2D eigenvalue weighted by Gasteiger charge is -2.21. The maximum absolute atomic E-state index is 6.80. The molecule has 8 aromatic rings. The number of nitrogens with zero attached hydrogens (tertiary/aromatic N) is 2. The monoisotopic (exact) mass is 711 g/mol. The Labute approximate surface area is 315 Å². The second kappa shape index (κ2) is 13.3. The number of benzene rings is 6. The molecule has 0 aliphatic carbocycles. The Balaban J connectivity index is 1.45. The van der Waals surface area contributed by atoms with Crippen LogP contribution in [0.1, 0.15) is 61.8 Å². The van der Waals surface area contributed by atoms with Gasteiger partial charge in [-0.3, -0.25) is 0 Å². The zero-order valence-corrected chi connectivity index (χ0v) is 33.7. The first-order chi connectivity index (χ1) is 25.4. The summed E-state index contributed by atoms with van der Waals surface area (Å²) in [6.45, 7) is 19.0. The van der Waals surface area contributed by atoms with Crippen molar-refractivity contribution in [3.8, 4) is 39.3 Å². The van der Waals surface area contributed by atoms with E-state index < -0.39 is 8.07 Å². The number of aryl methyl sites for hydroxylation is 2. The Morgan fingerprint density at radius 2 is 1.25 bits per heavy atom. The highest BCUT2D eigenvalue weighted by Crippen LogP contribution is 2.43. The van der Waals surface area contributed by atoms with E-state index >= 15 is 0 Å². The number of hydrogen-bond donors (Lipinski definition) is 0. The number of imidazole rings is 1. The van der Waals surface area contributed by atoms with Crippen LogP contribution >= 0.6 is 0 Å². The Kier molecular flexibility index (Phi) is 8.78. The fraction of sp³-hybridized carbons (Fsp3) is 0.245. The molecule has 2 aromatic heterocycles. The van der Waals surface area contributed by atoms with Crippen molar-refractivity contribution in [2.24, 2.45) is 7.05 Å². The lowest BCUT2D eigenvalue weighted by Crippen LogP contribution is -2.30. The maximum atomic E-state index is 6.80. The lowest BCUT2D eigenvalue weighted by molar-refractivity contribution is -0.633. The minimum absolute atomic E-state index is 0.287. The SMILES string of the molecule is Cc1ccc2c(oc3ccccc32)c1-c1n(-c2c(C(C)C)cc(-c3ccc(-c4ccccc4)cc3)cc2C(C)C)c2cc(C[Si](C)(C)C)ccc2[n+]1C. The van der Waals surface area contributed by atoms with E-state index in [1.54, 1.807) is 0 Å². The molecule has 53 heavy (non-hydrogen) atoms. The van der Waals surface area contributed by atoms with E-state index in [0.29, 0.717) is 0 Å². The molecule has 0 N–H and O–H groups in total. The number of hydrogen-bond acceptors (Lipinski definition) is 1. The second-order valence-corrected chi connectivity index (χ2v) is 22.2. The van der Waals surface area contributed by atoms with Crippen molar-refractivity contribution in [1.82, 2.24) is 4.57 Å². The van der Waals surface area contributed by atoms with Crippen LogP contribution in [0.3, 0.4) is 0 Å². The summed E-state index contributed by atoms with van der Waals surface area (Å²) in [5.41, 5.74) is 17.1. The maximum Gasteiger partial charge on any atom is 0.299 e. The van der Waals surface area contributed by atoms with Gasteiger partial charge in [0.05, 0.1) is 7.05 Å². The van der Waals surface area contributed by atoms with Crippen LogP contribution in [0.15, 0.2) is 126 Å². The summed E-state index contributed by atoms with van der Waals surface area (Å²) in [7, 11) is 0.860. The van der Waals surface area contributed by atoms with E-state index in [1.165, 1.54) is 61.2 Å². The van der Waals surface area contributed by atoms with Gasteiger partial charge in [-0.25, -0.2) is 4.57 Å². The van der Waals surface area contributed by atoms with Crippen molar-refractivity contribution in [3.05, 3.63) is 144 Å². The third-order valence-corrected chi connectivity index (χ3v) is 12.3. The van der Waals surface area contributed by atoms with Crippen molar-refractivity contribution in [3.63, 3.8) is 0 Å². The van der Waals surface area contributed by atoms with Crippen LogP contribution in [0.2, 0.25) is 19.6 Å². The fourth-order valence-electron chi connectivity index (χ4n) is 8.27. The Morgan fingerprint density at radius 3 is 1.89 bits per heavy atom. The second-order valence-electron chi connectivity index (χ2n) is 16.8. The fourth-order valence-corrected chi connectivity index (χ4v) is 9.72. The van der Waals surface area contributed by atoms with E-state index in [-0.39, 0.29) is 11.8 Å². The first-order valence-corrected chi connectivity index (χ1v) is 22.9. The van der Waals surface area contributed by atoms with Gasteiger partial charge in [0.25, 0.3) is 5.82 Å². The average Bonchev–Trinajstić information content (AvgIpc) is 3.65. The molecule has 0 aliphatic rings. The van der Waals surface area contributed by atoms with Crippen LogP contribution < -0.4 is 4.57 Å². The molecule has 0 atom stereocenters. The van der Waals surface area contributed by atoms with Gasteiger partial charge in [-0.05, 0) is 88.5 Å². The van der Waals surface area contributed by atoms with Gasteiger partial charge in [0.1, 0.15) is 16.8 Å². The van der Waals surface area contributed by atoms with Gasteiger partial charge in [0, 0.05) is 30.0 Å². The summed E-state index contributed by atoms with van der Waals surface area (Å²) in [6.07, 6.45) is 0. The molecule has 0 saturated heterocycles. The topological polar surface area (TPSA) is 21.9 Å². The van der Waals surface area contributed by atoms with Crippen LogP contribution in [0.5, 0.6) is 0 Å². The van der Waals surface area contributed by atoms with Crippen molar-refractivity contribution < 1.29 is 8.98 Å². The first-order valence-electron chi connectivity index (χ1n) is 19.2. The third-order valence-electron chi connectivity index (χ3n) is 10.8. The molecule has 0 fully saturated rings. The molecule has 0 spiro atoms. The van der Waals surface area contributed by atoms with E-state index in [1.807, 2.05) is 0 Å². The number of furan rings is 1. The Morgan fingerprint density at radius 1 is 0.642 bits per heavy atom. The highest BCUT2D eigenvalue weighted by molar-refractivity contribution is 6.75. The quantitative estimate of drug-likeness (QED) is 0.114. The predicted molar refractivity (Wildman–Crippen MR) is 228 cm³/mol. The van der Waals surface area contributed by atoms with Crippen LogP contribution in [0.25, 0.3) is 72.3 Å². The predicted octanol–water partition coefficient (Wildman–Crippen LogP) is 13.3. The molecule has 0 unspecified atom stereocenters. The molecule has 8 rings (SSSR count). The van der Waals surface area contributed by atoms with Crippen molar-refractivity contribution in [2.75, 3.05) is 0 Å². The number of aromatic nitrogens is 2. The van der Waals surface area contributed by atoms with Gasteiger partial charge in [0.15, 0.2) is 16.6 Å². The van der Waals surface area contributed by atoms with Gasteiger partial charge in [0.2, 0.25) is 0 Å². The first kappa shape index (κ1) is 34.9. The van der Waals surface area contributed by atoms with Crippen LogP contribution in [-0.2, 0) is 13.1 Å². The van der Waals surface area contributed by atoms with Crippen molar-refractivity contribution >= 4 is 41.0 Å². The number of rotatable bonds is 8. The Bertz CT molecular complexity index is 2600.